The zero-order valence-electron chi connectivity index (χ0n) is 24.8. The maximum Gasteiger partial charge on any atom is 0.255 e. The first-order valence-corrected chi connectivity index (χ1v) is 14.4. The van der Waals surface area contributed by atoms with Gasteiger partial charge in [0.15, 0.2) is 11.5 Å². The molecular formula is C35H39FN4O2+2. The Labute approximate surface area is 247 Å². The van der Waals surface area contributed by atoms with Crippen LogP contribution in [0.25, 0.3) is 11.1 Å². The molecule has 7 heteroatoms. The van der Waals surface area contributed by atoms with E-state index in [0.717, 1.165) is 34.4 Å². The van der Waals surface area contributed by atoms with Crippen LogP contribution in [0.5, 0.6) is 0 Å². The molecule has 0 atom stereocenters. The molecule has 4 aromatic rings. The van der Waals surface area contributed by atoms with E-state index in [1.165, 1.54) is 31.0 Å². The Balaban J connectivity index is 1.19. The van der Waals surface area contributed by atoms with E-state index in [4.69, 9.17) is 0 Å². The van der Waals surface area contributed by atoms with Crippen LogP contribution in [0.15, 0.2) is 91.0 Å². The van der Waals surface area contributed by atoms with E-state index in [1.807, 2.05) is 57.5 Å². The molecule has 0 radical (unpaired) electrons. The van der Waals surface area contributed by atoms with Gasteiger partial charge in [-0.05, 0) is 72.9 Å². The molecule has 216 valence electrons. The van der Waals surface area contributed by atoms with Gasteiger partial charge in [0.25, 0.3) is 11.8 Å². The molecule has 1 heterocycles. The zero-order chi connectivity index (χ0) is 29.9. The van der Waals surface area contributed by atoms with Gasteiger partial charge in [0.1, 0.15) is 5.69 Å². The fraction of sp³-hybridized carbons (Fsp3) is 0.257. The Kier molecular flexibility index (Phi) is 8.25. The lowest BCUT2D eigenvalue weighted by molar-refractivity contribution is 0.101. The molecule has 1 aliphatic heterocycles. The molecule has 2 N–H and O–H groups in total. The van der Waals surface area contributed by atoms with Crippen molar-refractivity contribution in [3.8, 4) is 11.1 Å². The van der Waals surface area contributed by atoms with Crippen LogP contribution in [-0.4, -0.2) is 53.1 Å². The summed E-state index contributed by atoms with van der Waals surface area (Å²) in [6.07, 6.45) is 3.80. The molecule has 0 aliphatic carbocycles. The van der Waals surface area contributed by atoms with E-state index in [1.54, 1.807) is 36.4 Å². The van der Waals surface area contributed by atoms with Crippen molar-refractivity contribution in [1.82, 2.24) is 8.97 Å². The summed E-state index contributed by atoms with van der Waals surface area (Å²) in [4.78, 5) is 25.6. The number of quaternary nitrogens is 2. The van der Waals surface area contributed by atoms with Crippen molar-refractivity contribution in [2.45, 2.75) is 19.3 Å². The number of likely N-dealkylation sites (tertiary alicyclic amines) is 1. The minimum atomic E-state index is -0.367. The molecule has 5 rings (SSSR count). The average Bonchev–Trinajstić information content (AvgIpc) is 2.97. The van der Waals surface area contributed by atoms with Crippen molar-refractivity contribution < 1.29 is 14.0 Å². The Bertz CT molecular complexity index is 1570. The summed E-state index contributed by atoms with van der Waals surface area (Å²) >= 11 is 0. The number of hydrogen-bond donors (Lipinski definition) is 2. The predicted molar refractivity (Wildman–Crippen MR) is 171 cm³/mol. The minimum absolute atomic E-state index is 0.161. The van der Waals surface area contributed by atoms with Crippen LogP contribution in [0.3, 0.4) is 0 Å². The zero-order valence-corrected chi connectivity index (χ0v) is 24.8. The van der Waals surface area contributed by atoms with Crippen molar-refractivity contribution >= 4 is 34.6 Å². The lowest BCUT2D eigenvalue weighted by Gasteiger charge is -2.37. The monoisotopic (exact) mass is 566 g/mol. The highest BCUT2D eigenvalue weighted by atomic mass is 19.1. The first kappa shape index (κ1) is 29.2. The summed E-state index contributed by atoms with van der Waals surface area (Å²) in [6, 6.07) is 27.5. The molecule has 0 unspecified atom stereocenters. The number of amides is 2. The first-order chi connectivity index (χ1) is 20.0. The summed E-state index contributed by atoms with van der Waals surface area (Å²) in [7, 11) is 7.94. The predicted octanol–water partition coefficient (Wildman–Crippen LogP) is 7.32. The van der Waals surface area contributed by atoms with Gasteiger partial charge in [-0.15, -0.1) is 0 Å². The SMILES string of the molecule is C[N+](C)(C)c1ccc(NC(=O)c2ccc(-c3ccc(C(=O)Nc4ccc([N+]5(C)CCCCC5)cc4)cc3)cc2)cc1F. The summed E-state index contributed by atoms with van der Waals surface area (Å²) in [5, 5.41) is 5.77. The highest BCUT2D eigenvalue weighted by Gasteiger charge is 2.27. The third kappa shape index (κ3) is 6.59. The quantitative estimate of drug-likeness (QED) is 0.230. The van der Waals surface area contributed by atoms with Gasteiger partial charge in [-0.1, -0.05) is 24.3 Å². The van der Waals surface area contributed by atoms with Gasteiger partial charge in [-0.3, -0.25) is 18.6 Å². The summed E-state index contributed by atoms with van der Waals surface area (Å²) in [5.41, 5.74) is 5.88. The van der Waals surface area contributed by atoms with Gasteiger partial charge in [0, 0.05) is 46.8 Å². The van der Waals surface area contributed by atoms with E-state index in [9.17, 15) is 14.0 Å². The molecule has 0 aromatic heterocycles. The largest absolute Gasteiger partial charge is 0.322 e. The second-order valence-electron chi connectivity index (χ2n) is 12.2. The van der Waals surface area contributed by atoms with Crippen LogP contribution in [0.4, 0.5) is 27.1 Å². The summed E-state index contributed by atoms with van der Waals surface area (Å²) in [6.45, 7) is 2.31. The van der Waals surface area contributed by atoms with Gasteiger partial charge in [-0.2, -0.15) is 0 Å². The standard InChI is InChI=1S/C35H37FN4O2/c1-39(2,3)33-21-18-30(24-32(33)36)38-35(42)28-14-10-26(11-15-28)25-8-12-27(13-9-25)34(41)37-29-16-19-31(20-17-29)40(4)22-6-5-7-23-40/h8-21,24H,5-7,22-23H2,1-4H3/p+2. The van der Waals surface area contributed by atoms with Gasteiger partial charge < -0.3 is 10.6 Å². The Morgan fingerprint density at radius 2 is 1.14 bits per heavy atom. The van der Waals surface area contributed by atoms with E-state index in [0.29, 0.717) is 27.0 Å². The van der Waals surface area contributed by atoms with Gasteiger partial charge >= 0.3 is 0 Å². The normalized spacial score (nSPS) is 14.7. The maximum atomic E-state index is 14.5. The number of nitrogens with one attached hydrogen (secondary N) is 2. The minimum Gasteiger partial charge on any atom is -0.322 e. The van der Waals surface area contributed by atoms with Crippen LogP contribution in [-0.2, 0) is 0 Å². The number of nitrogens with zero attached hydrogens (tertiary/aromatic N) is 2. The van der Waals surface area contributed by atoms with Gasteiger partial charge in [0.2, 0.25) is 0 Å². The van der Waals surface area contributed by atoms with Crippen molar-refractivity contribution in [2.24, 2.45) is 0 Å². The maximum absolute atomic E-state index is 14.5. The second kappa shape index (κ2) is 11.9. The first-order valence-electron chi connectivity index (χ1n) is 14.4. The number of hydrogen-bond acceptors (Lipinski definition) is 2. The van der Waals surface area contributed by atoms with Crippen LogP contribution in [0, 0.1) is 5.82 Å². The van der Waals surface area contributed by atoms with Crippen LogP contribution < -0.4 is 19.6 Å². The van der Waals surface area contributed by atoms with Crippen LogP contribution in [0.1, 0.15) is 40.0 Å². The third-order valence-corrected chi connectivity index (χ3v) is 8.11. The number of carbonyl (C=O) groups is 2. The molecule has 6 nitrogen and oxygen atoms in total. The molecule has 4 aromatic carbocycles. The fourth-order valence-electron chi connectivity index (χ4n) is 5.54. The third-order valence-electron chi connectivity index (χ3n) is 8.11. The molecule has 1 fully saturated rings. The molecule has 42 heavy (non-hydrogen) atoms. The lowest BCUT2D eigenvalue weighted by Crippen LogP contribution is -2.48. The lowest BCUT2D eigenvalue weighted by atomic mass is 10.0. The Hall–Kier alpha value is -4.33. The highest BCUT2D eigenvalue weighted by Crippen LogP contribution is 2.29. The summed E-state index contributed by atoms with van der Waals surface area (Å²) in [5.74, 6) is -0.842. The number of halogens is 1. The van der Waals surface area contributed by atoms with E-state index in [2.05, 4.69) is 29.8 Å². The number of rotatable bonds is 7. The molecule has 1 saturated heterocycles. The molecular weight excluding hydrogens is 527 g/mol. The van der Waals surface area contributed by atoms with Crippen LogP contribution >= 0.6 is 0 Å². The van der Waals surface area contributed by atoms with Crippen LogP contribution in [0.2, 0.25) is 0 Å². The number of piperidine rings is 1. The molecule has 1 aliphatic rings. The van der Waals surface area contributed by atoms with E-state index < -0.39 is 0 Å². The smallest absolute Gasteiger partial charge is 0.255 e. The number of anilines is 2. The van der Waals surface area contributed by atoms with Crippen molar-refractivity contribution in [1.29, 1.82) is 0 Å². The van der Waals surface area contributed by atoms with E-state index in [-0.39, 0.29) is 17.6 Å². The van der Waals surface area contributed by atoms with Gasteiger partial charge in [-0.25, -0.2) is 4.39 Å². The average molecular weight is 567 g/mol. The van der Waals surface area contributed by atoms with Crippen molar-refractivity contribution in [3.63, 3.8) is 0 Å². The molecule has 2 amide bonds. The number of benzene rings is 4. The Morgan fingerprint density at radius 3 is 1.62 bits per heavy atom. The van der Waals surface area contributed by atoms with E-state index >= 15 is 0 Å². The highest BCUT2D eigenvalue weighted by molar-refractivity contribution is 6.05. The molecule has 0 bridgehead atoms. The Morgan fingerprint density at radius 1 is 0.667 bits per heavy atom. The topological polar surface area (TPSA) is 58.2 Å². The summed E-state index contributed by atoms with van der Waals surface area (Å²) < 4.78 is 15.8. The van der Waals surface area contributed by atoms with Crippen molar-refractivity contribution in [2.75, 3.05) is 51.9 Å². The second-order valence-corrected chi connectivity index (χ2v) is 12.2. The fourth-order valence-corrected chi connectivity index (χ4v) is 5.54. The molecule has 0 saturated carbocycles. The van der Waals surface area contributed by atoms with Gasteiger partial charge in [0.05, 0.1) is 41.3 Å². The van der Waals surface area contributed by atoms with Crippen molar-refractivity contribution in [3.05, 3.63) is 108 Å². The molecule has 0 spiro atoms. The number of carbonyl (C=O) groups excluding carboxylic acids is 2.